The molecule has 0 unspecified atom stereocenters. The van der Waals surface area contributed by atoms with Crippen LogP contribution in [0.25, 0.3) is 5.65 Å². The van der Waals surface area contributed by atoms with Crippen LogP contribution >= 0.6 is 24.0 Å². The van der Waals surface area contributed by atoms with Crippen LogP contribution in [-0.4, -0.2) is 69.5 Å². The number of guanidine groups is 1. The smallest absolute Gasteiger partial charge is 0.219 e. The number of aliphatic imine (C=N–C) groups is 1. The van der Waals surface area contributed by atoms with E-state index in [9.17, 15) is 4.79 Å². The number of nitrogens with zero attached hydrogens (tertiary/aromatic N) is 6. The lowest BCUT2D eigenvalue weighted by atomic mass is 10.3. The van der Waals surface area contributed by atoms with Crippen molar-refractivity contribution in [1.29, 1.82) is 0 Å². The Kier molecular flexibility index (Phi) is 6.35. The number of pyridine rings is 1. The minimum absolute atomic E-state index is 0. The summed E-state index contributed by atoms with van der Waals surface area (Å²) in [4.78, 5) is 19.7. The summed E-state index contributed by atoms with van der Waals surface area (Å²) in [5.74, 6) is 1.78. The first kappa shape index (κ1) is 18.4. The van der Waals surface area contributed by atoms with E-state index in [1.54, 1.807) is 14.0 Å². The highest BCUT2D eigenvalue weighted by Crippen LogP contribution is 2.05. The standard InChI is InChI=1S/C15H21N7O.HI/c1-12(23)20-7-9-21(10-8-20)15(16-2)17-11-14-19-18-13-5-3-4-6-22(13)14;/h3-6H,7-11H2,1-2H3,(H,16,17);1H. The zero-order chi connectivity index (χ0) is 16.2. The van der Waals surface area contributed by atoms with Crippen LogP contribution < -0.4 is 5.32 Å². The Hall–Kier alpha value is -1.91. The molecule has 0 spiro atoms. The van der Waals surface area contributed by atoms with Crippen LogP contribution in [0.1, 0.15) is 12.7 Å². The van der Waals surface area contributed by atoms with Crippen LogP contribution in [-0.2, 0) is 11.3 Å². The molecule has 0 bridgehead atoms. The SMILES string of the molecule is CN=C(NCc1nnc2ccccn12)N1CCN(C(C)=O)CC1.I. The number of aromatic nitrogens is 3. The van der Waals surface area contributed by atoms with Crippen molar-refractivity contribution in [3.05, 3.63) is 30.2 Å². The summed E-state index contributed by atoms with van der Waals surface area (Å²) in [6, 6.07) is 5.82. The van der Waals surface area contributed by atoms with E-state index in [0.29, 0.717) is 6.54 Å². The van der Waals surface area contributed by atoms with E-state index < -0.39 is 0 Å². The molecule has 1 amide bonds. The zero-order valence-corrected chi connectivity index (χ0v) is 16.2. The first-order chi connectivity index (χ1) is 11.2. The molecule has 24 heavy (non-hydrogen) atoms. The summed E-state index contributed by atoms with van der Waals surface area (Å²) in [6.45, 7) is 5.16. The van der Waals surface area contributed by atoms with E-state index in [0.717, 1.165) is 43.6 Å². The fourth-order valence-electron chi connectivity index (χ4n) is 2.74. The van der Waals surface area contributed by atoms with Gasteiger partial charge in [0.05, 0.1) is 6.54 Å². The van der Waals surface area contributed by atoms with Crippen molar-refractivity contribution in [2.24, 2.45) is 4.99 Å². The van der Waals surface area contributed by atoms with Gasteiger partial charge in [-0.3, -0.25) is 14.2 Å². The molecule has 0 saturated carbocycles. The van der Waals surface area contributed by atoms with Crippen LogP contribution in [0.2, 0.25) is 0 Å². The third-order valence-corrected chi connectivity index (χ3v) is 4.03. The topological polar surface area (TPSA) is 78.1 Å². The van der Waals surface area contributed by atoms with Crippen LogP contribution in [0.15, 0.2) is 29.4 Å². The number of piperazine rings is 1. The molecule has 2 aromatic heterocycles. The number of hydrogen-bond acceptors (Lipinski definition) is 4. The molecule has 1 saturated heterocycles. The summed E-state index contributed by atoms with van der Waals surface area (Å²) in [5, 5.41) is 11.7. The van der Waals surface area contributed by atoms with Gasteiger partial charge in [0.25, 0.3) is 0 Å². The minimum atomic E-state index is 0. The largest absolute Gasteiger partial charge is 0.349 e. The Morgan fingerprint density at radius 1 is 1.21 bits per heavy atom. The molecule has 1 N–H and O–H groups in total. The number of halogens is 1. The Balaban J connectivity index is 0.00000208. The highest BCUT2D eigenvalue weighted by atomic mass is 127. The van der Waals surface area contributed by atoms with Crippen molar-refractivity contribution in [3.63, 3.8) is 0 Å². The van der Waals surface area contributed by atoms with Crippen molar-refractivity contribution in [1.82, 2.24) is 29.7 Å². The first-order valence-corrected chi connectivity index (χ1v) is 7.69. The van der Waals surface area contributed by atoms with Gasteiger partial charge in [-0.05, 0) is 12.1 Å². The molecule has 0 aromatic carbocycles. The quantitative estimate of drug-likeness (QED) is 0.418. The Bertz CT molecular complexity index is 721. The summed E-state index contributed by atoms with van der Waals surface area (Å²) in [7, 11) is 1.77. The van der Waals surface area contributed by atoms with Gasteiger partial charge >= 0.3 is 0 Å². The summed E-state index contributed by atoms with van der Waals surface area (Å²) in [6.07, 6.45) is 1.95. The van der Waals surface area contributed by atoms with Crippen LogP contribution in [0.4, 0.5) is 0 Å². The van der Waals surface area contributed by atoms with Gasteiger partial charge in [0.15, 0.2) is 17.4 Å². The summed E-state index contributed by atoms with van der Waals surface area (Å²) < 4.78 is 1.95. The van der Waals surface area contributed by atoms with Crippen molar-refractivity contribution < 1.29 is 4.79 Å². The number of amides is 1. The van der Waals surface area contributed by atoms with Gasteiger partial charge in [-0.2, -0.15) is 0 Å². The Morgan fingerprint density at radius 2 is 1.92 bits per heavy atom. The van der Waals surface area contributed by atoms with E-state index in [1.807, 2.05) is 33.7 Å². The first-order valence-electron chi connectivity index (χ1n) is 7.69. The third-order valence-electron chi connectivity index (χ3n) is 4.03. The zero-order valence-electron chi connectivity index (χ0n) is 13.8. The molecule has 2 aromatic rings. The minimum Gasteiger partial charge on any atom is -0.349 e. The lowest BCUT2D eigenvalue weighted by Crippen LogP contribution is -2.53. The maximum Gasteiger partial charge on any atom is 0.219 e. The third kappa shape index (κ3) is 3.94. The number of fused-ring (bicyclic) bond motifs is 1. The number of hydrogen-bond donors (Lipinski definition) is 1. The lowest BCUT2D eigenvalue weighted by Gasteiger charge is -2.36. The second-order valence-corrected chi connectivity index (χ2v) is 5.44. The number of nitrogens with one attached hydrogen (secondary N) is 1. The molecule has 0 aliphatic carbocycles. The van der Waals surface area contributed by atoms with Crippen molar-refractivity contribution in [2.75, 3.05) is 33.2 Å². The molecular weight excluding hydrogens is 421 g/mol. The maximum atomic E-state index is 11.4. The highest BCUT2D eigenvalue weighted by molar-refractivity contribution is 14.0. The van der Waals surface area contributed by atoms with Gasteiger partial charge in [-0.15, -0.1) is 34.2 Å². The molecule has 1 aliphatic rings. The van der Waals surface area contributed by atoms with Crippen LogP contribution in [0.3, 0.4) is 0 Å². The van der Waals surface area contributed by atoms with Gasteiger partial charge < -0.3 is 15.1 Å². The second-order valence-electron chi connectivity index (χ2n) is 5.44. The lowest BCUT2D eigenvalue weighted by molar-refractivity contribution is -0.130. The molecule has 1 fully saturated rings. The Morgan fingerprint density at radius 3 is 2.58 bits per heavy atom. The fourth-order valence-corrected chi connectivity index (χ4v) is 2.74. The van der Waals surface area contributed by atoms with Crippen molar-refractivity contribution in [3.8, 4) is 0 Å². The molecule has 130 valence electrons. The van der Waals surface area contributed by atoms with E-state index in [-0.39, 0.29) is 29.9 Å². The van der Waals surface area contributed by atoms with E-state index in [2.05, 4.69) is 25.4 Å². The fraction of sp³-hybridized carbons (Fsp3) is 0.467. The Labute approximate surface area is 158 Å². The summed E-state index contributed by atoms with van der Waals surface area (Å²) >= 11 is 0. The molecular formula is C15H22IN7O. The molecule has 0 atom stereocenters. The van der Waals surface area contributed by atoms with Gasteiger partial charge in [-0.1, -0.05) is 6.07 Å². The number of carbonyl (C=O) groups excluding carboxylic acids is 1. The van der Waals surface area contributed by atoms with Crippen LogP contribution in [0, 0.1) is 0 Å². The van der Waals surface area contributed by atoms with Gasteiger partial charge in [0.1, 0.15) is 0 Å². The normalized spacial score (nSPS) is 15.3. The molecule has 9 heteroatoms. The average molecular weight is 443 g/mol. The van der Waals surface area contributed by atoms with Crippen molar-refractivity contribution in [2.45, 2.75) is 13.5 Å². The highest BCUT2D eigenvalue weighted by Gasteiger charge is 2.21. The molecule has 1 aliphatic heterocycles. The average Bonchev–Trinajstić information content (AvgIpc) is 2.99. The van der Waals surface area contributed by atoms with E-state index >= 15 is 0 Å². The predicted octanol–water partition coefficient (Wildman–Crippen LogP) is 0.587. The van der Waals surface area contributed by atoms with E-state index in [4.69, 9.17) is 0 Å². The van der Waals surface area contributed by atoms with Gasteiger partial charge in [0.2, 0.25) is 5.91 Å². The van der Waals surface area contributed by atoms with Gasteiger partial charge in [-0.25, -0.2) is 0 Å². The molecule has 3 rings (SSSR count). The monoisotopic (exact) mass is 443 g/mol. The second kappa shape index (κ2) is 8.27. The molecule has 8 nitrogen and oxygen atoms in total. The molecule has 3 heterocycles. The maximum absolute atomic E-state index is 11.4. The van der Waals surface area contributed by atoms with Crippen LogP contribution in [0.5, 0.6) is 0 Å². The number of rotatable bonds is 2. The van der Waals surface area contributed by atoms with Gasteiger partial charge in [0, 0.05) is 46.3 Å². The summed E-state index contributed by atoms with van der Waals surface area (Å²) in [5.41, 5.74) is 0.828. The van der Waals surface area contributed by atoms with E-state index in [1.165, 1.54) is 0 Å². The number of carbonyl (C=O) groups is 1. The predicted molar refractivity (Wildman–Crippen MR) is 102 cm³/mol. The van der Waals surface area contributed by atoms with Crippen molar-refractivity contribution >= 4 is 41.5 Å². The molecule has 0 radical (unpaired) electrons.